The highest BCUT2D eigenvalue weighted by Crippen LogP contribution is 2.33. The van der Waals surface area contributed by atoms with Gasteiger partial charge in [0.25, 0.3) is 11.8 Å². The van der Waals surface area contributed by atoms with Gasteiger partial charge in [0.1, 0.15) is 11.9 Å². The van der Waals surface area contributed by atoms with Crippen molar-refractivity contribution >= 4 is 45.4 Å². The van der Waals surface area contributed by atoms with Crippen LogP contribution in [0.4, 0.5) is 10.5 Å². The minimum Gasteiger partial charge on any atom is -0.489 e. The van der Waals surface area contributed by atoms with Gasteiger partial charge in [0.15, 0.2) is 17.4 Å². The monoisotopic (exact) mass is 799 g/mol. The molecule has 1 saturated heterocycles. The molecule has 0 radical (unpaired) electrons. The number of carbonyl (C=O) groups excluding carboxylic acids is 5. The molecule has 1 aliphatic heterocycles. The number of imide groups is 1. The average molecular weight is 800 g/mol. The summed E-state index contributed by atoms with van der Waals surface area (Å²) >= 11 is 0. The maximum absolute atomic E-state index is 13.8. The molecule has 0 spiro atoms. The summed E-state index contributed by atoms with van der Waals surface area (Å²) in [7, 11) is -3.65. The zero-order chi connectivity index (χ0) is 41.7. The van der Waals surface area contributed by atoms with Crippen molar-refractivity contribution in [2.24, 2.45) is 5.41 Å². The zero-order valence-corrected chi connectivity index (χ0v) is 35.1. The van der Waals surface area contributed by atoms with Crippen molar-refractivity contribution in [3.05, 3.63) is 59.7 Å². The molecule has 2 atom stereocenters. The summed E-state index contributed by atoms with van der Waals surface area (Å²) in [6.07, 6.45) is 8.30. The van der Waals surface area contributed by atoms with Gasteiger partial charge >= 0.3 is 12.1 Å². The molecule has 1 aliphatic rings. The molecular weight excluding hydrogens is 739 g/mol. The van der Waals surface area contributed by atoms with E-state index >= 15 is 0 Å². The van der Waals surface area contributed by atoms with Crippen molar-refractivity contribution < 1.29 is 46.6 Å². The lowest BCUT2D eigenvalue weighted by Crippen LogP contribution is -2.55. The number of ketones is 1. The normalized spacial score (nSPS) is 15.3. The van der Waals surface area contributed by atoms with Crippen LogP contribution in [0.5, 0.6) is 5.75 Å². The van der Waals surface area contributed by atoms with Crippen LogP contribution < -0.4 is 14.8 Å². The Bertz CT molecular complexity index is 1770. The fourth-order valence-corrected chi connectivity index (χ4v) is 7.26. The Morgan fingerprint density at radius 3 is 2.00 bits per heavy atom. The maximum Gasteiger partial charge on any atom is 0.418 e. The van der Waals surface area contributed by atoms with E-state index in [-0.39, 0.29) is 29.3 Å². The number of unbranched alkanes of at least 4 members (excludes halogenated alkanes) is 9. The first kappa shape index (κ1) is 46.1. The van der Waals surface area contributed by atoms with Gasteiger partial charge in [-0.3, -0.25) is 14.4 Å². The lowest BCUT2D eigenvalue weighted by molar-refractivity contribution is -0.145. The van der Waals surface area contributed by atoms with Gasteiger partial charge in [-0.25, -0.2) is 27.6 Å². The molecule has 3 amide bonds. The number of benzene rings is 2. The fourth-order valence-electron chi connectivity index (χ4n) is 6.12. The second kappa shape index (κ2) is 20.7. The number of anilines is 1. The van der Waals surface area contributed by atoms with Gasteiger partial charge in [-0.1, -0.05) is 116 Å². The summed E-state index contributed by atoms with van der Waals surface area (Å²) in [5, 5.41) is 2.61. The number of hydrogen-bond donors (Lipinski definition) is 2. The smallest absolute Gasteiger partial charge is 0.418 e. The van der Waals surface area contributed by atoms with Crippen LogP contribution >= 0.6 is 0 Å². The van der Waals surface area contributed by atoms with Crippen LogP contribution in [-0.2, 0) is 33.9 Å². The van der Waals surface area contributed by atoms with Crippen LogP contribution in [0.25, 0.3) is 0 Å². The molecule has 2 unspecified atom stereocenters. The summed E-state index contributed by atoms with van der Waals surface area (Å²) in [6, 6.07) is 11.0. The lowest BCUT2D eigenvalue weighted by Gasteiger charge is -2.28. The van der Waals surface area contributed by atoms with E-state index < -0.39 is 68.9 Å². The summed E-state index contributed by atoms with van der Waals surface area (Å²) < 4.78 is 45.5. The number of carbonyl (C=O) groups is 5. The number of ether oxygens (including phenoxy) is 3. The van der Waals surface area contributed by atoms with Crippen LogP contribution in [0, 0.1) is 5.41 Å². The minimum absolute atomic E-state index is 0.0326. The number of Topliss-reactive ketones (excluding diaryl/α,β-unsaturated/α-hetero) is 1. The molecule has 0 bridgehead atoms. The molecule has 2 N–H and O–H groups in total. The number of sulfonamides is 1. The Balaban J connectivity index is 1.75. The standard InChI is InChI=1S/C42H61N3O10S/c1-9-10-11-12-13-14-15-16-17-21-26-56(51,52)43-28-34(30-22-19-18-20-23-30)54-38(48)31-24-25-32(33(27-31)53-29(2)3)44-37(47)35(36(46)41(4,5)6)45-39(49)42(7,8)55-40(45)50/h18-20,22-25,27,29,34-35,43H,9-17,21,26,28H2,1-8H3,(H,44,47). The van der Waals surface area contributed by atoms with Crippen molar-refractivity contribution in [2.45, 2.75) is 143 Å². The first-order valence-corrected chi connectivity index (χ1v) is 21.4. The van der Waals surface area contributed by atoms with Crippen molar-refractivity contribution in [1.29, 1.82) is 0 Å². The van der Waals surface area contributed by atoms with E-state index in [1.54, 1.807) is 65.0 Å². The number of rotatable bonds is 23. The summed E-state index contributed by atoms with van der Waals surface area (Å²) in [4.78, 5) is 67.5. The maximum atomic E-state index is 13.8. The third kappa shape index (κ3) is 13.7. The molecule has 1 heterocycles. The highest BCUT2D eigenvalue weighted by atomic mass is 32.2. The van der Waals surface area contributed by atoms with Gasteiger partial charge in [0.2, 0.25) is 10.0 Å². The van der Waals surface area contributed by atoms with Crippen LogP contribution in [-0.4, -0.2) is 73.0 Å². The molecule has 1 fully saturated rings. The number of hydrogen-bond acceptors (Lipinski definition) is 10. The first-order valence-electron chi connectivity index (χ1n) is 19.7. The van der Waals surface area contributed by atoms with E-state index in [0.29, 0.717) is 16.9 Å². The van der Waals surface area contributed by atoms with Crippen LogP contribution in [0.15, 0.2) is 48.5 Å². The van der Waals surface area contributed by atoms with E-state index in [1.807, 2.05) is 0 Å². The SMILES string of the molecule is CCCCCCCCCCCCS(=O)(=O)NCC(OC(=O)c1ccc(NC(=O)C(C(=O)C(C)(C)C)N2C(=O)OC(C)(C)C2=O)c(OC(C)C)c1)c1ccccc1. The predicted molar refractivity (Wildman–Crippen MR) is 215 cm³/mol. The van der Waals surface area contributed by atoms with E-state index in [4.69, 9.17) is 14.2 Å². The zero-order valence-electron chi connectivity index (χ0n) is 34.3. The van der Waals surface area contributed by atoms with Gasteiger partial charge in [-0.15, -0.1) is 0 Å². The molecule has 14 heteroatoms. The molecule has 0 aliphatic carbocycles. The topological polar surface area (TPSA) is 174 Å². The van der Waals surface area contributed by atoms with Gasteiger partial charge in [-0.2, -0.15) is 0 Å². The van der Waals surface area contributed by atoms with E-state index in [0.717, 1.165) is 25.7 Å². The number of amides is 3. The molecular formula is C42H61N3O10S. The molecule has 2 aromatic rings. The molecule has 2 aromatic carbocycles. The van der Waals surface area contributed by atoms with Crippen LogP contribution in [0.1, 0.15) is 142 Å². The quantitative estimate of drug-likeness (QED) is 0.0639. The van der Waals surface area contributed by atoms with Crippen molar-refractivity contribution in [2.75, 3.05) is 17.6 Å². The highest BCUT2D eigenvalue weighted by molar-refractivity contribution is 7.89. The average Bonchev–Trinajstić information content (AvgIpc) is 3.32. The van der Waals surface area contributed by atoms with E-state index in [1.165, 1.54) is 64.2 Å². The number of cyclic esters (lactones) is 1. The number of esters is 1. The van der Waals surface area contributed by atoms with Crippen LogP contribution in [0.2, 0.25) is 0 Å². The fraction of sp³-hybridized carbons (Fsp3) is 0.595. The van der Waals surface area contributed by atoms with Gasteiger partial charge in [-0.05, 0) is 57.9 Å². The molecule has 310 valence electrons. The van der Waals surface area contributed by atoms with Crippen molar-refractivity contribution in [1.82, 2.24) is 9.62 Å². The first-order chi connectivity index (χ1) is 26.3. The molecule has 3 rings (SSSR count). The second-order valence-electron chi connectivity index (χ2n) is 16.1. The Morgan fingerprint density at radius 1 is 0.875 bits per heavy atom. The molecule has 0 saturated carbocycles. The summed E-state index contributed by atoms with van der Waals surface area (Å²) in [6.45, 7) is 12.9. The van der Waals surface area contributed by atoms with E-state index in [9.17, 15) is 32.4 Å². The van der Waals surface area contributed by atoms with E-state index in [2.05, 4.69) is 17.0 Å². The molecule has 56 heavy (non-hydrogen) atoms. The van der Waals surface area contributed by atoms with Gasteiger partial charge < -0.3 is 19.5 Å². The van der Waals surface area contributed by atoms with Gasteiger partial charge in [0, 0.05) is 5.41 Å². The minimum atomic E-state index is -3.65. The Kier molecular flexibility index (Phi) is 17.1. The Labute approximate surface area is 332 Å². The highest BCUT2D eigenvalue weighted by Gasteiger charge is 2.55. The van der Waals surface area contributed by atoms with Crippen LogP contribution in [0.3, 0.4) is 0 Å². The Hall–Kier alpha value is -4.30. The third-order valence-corrected chi connectivity index (χ3v) is 10.7. The lowest BCUT2D eigenvalue weighted by atomic mass is 9.85. The molecule has 0 aromatic heterocycles. The Morgan fingerprint density at radius 2 is 1.46 bits per heavy atom. The largest absolute Gasteiger partial charge is 0.489 e. The second-order valence-corrected chi connectivity index (χ2v) is 18.0. The van der Waals surface area contributed by atoms with Crippen molar-refractivity contribution in [3.63, 3.8) is 0 Å². The number of nitrogens with one attached hydrogen (secondary N) is 2. The molecule has 13 nitrogen and oxygen atoms in total. The van der Waals surface area contributed by atoms with Gasteiger partial charge in [0.05, 0.1) is 29.7 Å². The summed E-state index contributed by atoms with van der Waals surface area (Å²) in [5.41, 5.74) is -2.03. The predicted octanol–water partition coefficient (Wildman–Crippen LogP) is 7.89. The number of nitrogens with zero attached hydrogens (tertiary/aromatic N) is 1. The van der Waals surface area contributed by atoms with Crippen molar-refractivity contribution in [3.8, 4) is 5.75 Å². The summed E-state index contributed by atoms with van der Waals surface area (Å²) in [5.74, 6) is -3.29. The third-order valence-electron chi connectivity index (χ3n) is 9.28.